The third kappa shape index (κ3) is 4.54. The normalized spacial score (nSPS) is 10.4. The average molecular weight is 286 g/mol. The van der Waals surface area contributed by atoms with E-state index in [4.69, 9.17) is 5.11 Å². The zero-order chi connectivity index (χ0) is 11.8. The third-order valence-electron chi connectivity index (χ3n) is 2.60. The van der Waals surface area contributed by atoms with Gasteiger partial charge in [-0.3, -0.25) is 0 Å². The molecule has 0 radical (unpaired) electrons. The quantitative estimate of drug-likeness (QED) is 0.751. The minimum absolute atomic E-state index is 0.304. The van der Waals surface area contributed by atoms with Gasteiger partial charge in [-0.25, -0.2) is 0 Å². The molecular weight excluding hydrogens is 266 g/mol. The number of halogens is 1. The Balaban J connectivity index is 2.41. The second-order valence-electron chi connectivity index (χ2n) is 3.87. The van der Waals surface area contributed by atoms with Gasteiger partial charge in [0, 0.05) is 23.3 Å². The predicted molar refractivity (Wildman–Crippen MR) is 72.9 cm³/mol. The van der Waals surface area contributed by atoms with Crippen LogP contribution in [0.2, 0.25) is 0 Å². The predicted octanol–water partition coefficient (Wildman–Crippen LogP) is 3.59. The maximum atomic E-state index is 8.67. The van der Waals surface area contributed by atoms with Gasteiger partial charge < -0.3 is 10.4 Å². The fourth-order valence-corrected chi connectivity index (χ4v) is 2.07. The van der Waals surface area contributed by atoms with E-state index in [-0.39, 0.29) is 0 Å². The van der Waals surface area contributed by atoms with E-state index in [2.05, 4.69) is 46.4 Å². The lowest BCUT2D eigenvalue weighted by Gasteiger charge is -2.11. The lowest BCUT2D eigenvalue weighted by atomic mass is 10.1. The van der Waals surface area contributed by atoms with E-state index in [1.807, 2.05) is 0 Å². The molecule has 0 heterocycles. The maximum absolute atomic E-state index is 8.67. The van der Waals surface area contributed by atoms with Crippen molar-refractivity contribution < 1.29 is 5.11 Å². The average Bonchev–Trinajstić information content (AvgIpc) is 2.30. The summed E-state index contributed by atoms with van der Waals surface area (Å²) in [5.41, 5.74) is 2.58. The van der Waals surface area contributed by atoms with Gasteiger partial charge in [0.15, 0.2) is 0 Å². The summed E-state index contributed by atoms with van der Waals surface area (Å²) >= 11 is 3.48. The lowest BCUT2D eigenvalue weighted by Crippen LogP contribution is -2.04. The number of anilines is 1. The Morgan fingerprint density at radius 1 is 1.25 bits per heavy atom. The fraction of sp³-hybridized carbons (Fsp3) is 0.538. The van der Waals surface area contributed by atoms with Crippen LogP contribution >= 0.6 is 15.9 Å². The number of rotatable bonds is 7. The van der Waals surface area contributed by atoms with Crippen molar-refractivity contribution in [1.82, 2.24) is 0 Å². The number of benzene rings is 1. The van der Waals surface area contributed by atoms with Gasteiger partial charge in [-0.15, -0.1) is 0 Å². The van der Waals surface area contributed by atoms with Gasteiger partial charge in [-0.1, -0.05) is 22.9 Å². The van der Waals surface area contributed by atoms with E-state index >= 15 is 0 Å². The Labute approximate surface area is 106 Å². The molecule has 0 fully saturated rings. The number of aliphatic hydroxyl groups is 1. The van der Waals surface area contributed by atoms with Crippen molar-refractivity contribution in [1.29, 1.82) is 0 Å². The van der Waals surface area contributed by atoms with E-state index in [1.54, 1.807) is 0 Å². The van der Waals surface area contributed by atoms with Crippen LogP contribution in [-0.4, -0.2) is 18.3 Å². The number of hydrogen-bond acceptors (Lipinski definition) is 2. The van der Waals surface area contributed by atoms with Crippen LogP contribution in [0.3, 0.4) is 0 Å². The van der Waals surface area contributed by atoms with Crippen molar-refractivity contribution in [3.05, 3.63) is 28.2 Å². The standard InChI is InChI=1S/C13H20BrNO/c1-2-11-10-12(14)6-7-13(11)15-8-4-3-5-9-16/h6-7,10,15-16H,2-5,8-9H2,1H3. The molecule has 0 saturated heterocycles. The Bertz CT molecular complexity index is 315. The first kappa shape index (κ1) is 13.5. The molecule has 0 aliphatic carbocycles. The molecule has 0 spiro atoms. The lowest BCUT2D eigenvalue weighted by molar-refractivity contribution is 0.283. The van der Waals surface area contributed by atoms with Gasteiger partial charge in [0.1, 0.15) is 0 Å². The molecule has 0 atom stereocenters. The van der Waals surface area contributed by atoms with Crippen molar-refractivity contribution in [3.63, 3.8) is 0 Å². The summed E-state index contributed by atoms with van der Waals surface area (Å²) in [6, 6.07) is 6.35. The van der Waals surface area contributed by atoms with Crippen LogP contribution in [0.25, 0.3) is 0 Å². The van der Waals surface area contributed by atoms with Crippen LogP contribution in [0, 0.1) is 0 Å². The Morgan fingerprint density at radius 3 is 2.75 bits per heavy atom. The summed E-state index contributed by atoms with van der Waals surface area (Å²) < 4.78 is 1.13. The van der Waals surface area contributed by atoms with Crippen molar-refractivity contribution in [2.75, 3.05) is 18.5 Å². The highest BCUT2D eigenvalue weighted by molar-refractivity contribution is 9.10. The summed E-state index contributed by atoms with van der Waals surface area (Å²) in [5.74, 6) is 0. The molecule has 2 nitrogen and oxygen atoms in total. The fourth-order valence-electron chi connectivity index (χ4n) is 1.66. The van der Waals surface area contributed by atoms with Gasteiger partial charge in [0.2, 0.25) is 0 Å². The van der Waals surface area contributed by atoms with Crippen LogP contribution in [-0.2, 0) is 6.42 Å². The molecule has 90 valence electrons. The van der Waals surface area contributed by atoms with Crippen LogP contribution in [0.1, 0.15) is 31.7 Å². The molecule has 0 aliphatic rings. The molecule has 2 N–H and O–H groups in total. The Morgan fingerprint density at radius 2 is 2.06 bits per heavy atom. The first-order valence-electron chi connectivity index (χ1n) is 5.91. The van der Waals surface area contributed by atoms with E-state index < -0.39 is 0 Å². The molecule has 0 amide bonds. The van der Waals surface area contributed by atoms with Crippen LogP contribution in [0.4, 0.5) is 5.69 Å². The minimum atomic E-state index is 0.304. The number of aryl methyl sites for hydroxylation is 1. The zero-order valence-electron chi connectivity index (χ0n) is 9.80. The second-order valence-corrected chi connectivity index (χ2v) is 4.78. The monoisotopic (exact) mass is 285 g/mol. The zero-order valence-corrected chi connectivity index (χ0v) is 11.4. The van der Waals surface area contributed by atoms with Gasteiger partial charge >= 0.3 is 0 Å². The van der Waals surface area contributed by atoms with E-state index in [0.29, 0.717) is 6.61 Å². The second kappa shape index (κ2) is 7.69. The molecule has 3 heteroatoms. The molecule has 0 saturated carbocycles. The first-order chi connectivity index (χ1) is 7.77. The highest BCUT2D eigenvalue weighted by Crippen LogP contribution is 2.21. The van der Waals surface area contributed by atoms with Crippen LogP contribution < -0.4 is 5.32 Å². The number of unbranched alkanes of at least 4 members (excludes halogenated alkanes) is 2. The SMILES string of the molecule is CCc1cc(Br)ccc1NCCCCCO. The Hall–Kier alpha value is -0.540. The van der Waals surface area contributed by atoms with E-state index in [1.165, 1.54) is 11.3 Å². The van der Waals surface area contributed by atoms with E-state index in [0.717, 1.165) is 36.7 Å². The molecule has 1 aromatic carbocycles. The molecule has 0 aliphatic heterocycles. The molecular formula is C13H20BrNO. The number of nitrogens with one attached hydrogen (secondary N) is 1. The minimum Gasteiger partial charge on any atom is -0.396 e. The largest absolute Gasteiger partial charge is 0.396 e. The van der Waals surface area contributed by atoms with Crippen LogP contribution in [0.15, 0.2) is 22.7 Å². The topological polar surface area (TPSA) is 32.3 Å². The summed E-state index contributed by atoms with van der Waals surface area (Å²) in [6.07, 6.45) is 4.14. The van der Waals surface area contributed by atoms with Gasteiger partial charge in [0.25, 0.3) is 0 Å². The van der Waals surface area contributed by atoms with Crippen molar-refractivity contribution in [3.8, 4) is 0 Å². The van der Waals surface area contributed by atoms with Crippen molar-refractivity contribution in [2.45, 2.75) is 32.6 Å². The molecule has 16 heavy (non-hydrogen) atoms. The summed E-state index contributed by atoms with van der Waals surface area (Å²) in [6.45, 7) is 3.45. The van der Waals surface area contributed by atoms with Crippen molar-refractivity contribution >= 4 is 21.6 Å². The smallest absolute Gasteiger partial charge is 0.0431 e. The first-order valence-corrected chi connectivity index (χ1v) is 6.70. The van der Waals surface area contributed by atoms with Gasteiger partial charge in [-0.2, -0.15) is 0 Å². The third-order valence-corrected chi connectivity index (χ3v) is 3.09. The highest BCUT2D eigenvalue weighted by atomic mass is 79.9. The summed E-state index contributed by atoms with van der Waals surface area (Å²) in [4.78, 5) is 0. The molecule has 0 bridgehead atoms. The highest BCUT2D eigenvalue weighted by Gasteiger charge is 2.00. The molecule has 0 aromatic heterocycles. The maximum Gasteiger partial charge on any atom is 0.0431 e. The number of hydrogen-bond donors (Lipinski definition) is 2. The molecule has 0 unspecified atom stereocenters. The van der Waals surface area contributed by atoms with Gasteiger partial charge in [-0.05, 0) is 49.4 Å². The Kier molecular flexibility index (Phi) is 6.50. The number of aliphatic hydroxyl groups excluding tert-OH is 1. The molecule has 1 rings (SSSR count). The molecule has 1 aromatic rings. The van der Waals surface area contributed by atoms with E-state index in [9.17, 15) is 0 Å². The van der Waals surface area contributed by atoms with Crippen LogP contribution in [0.5, 0.6) is 0 Å². The summed E-state index contributed by atoms with van der Waals surface area (Å²) in [5, 5.41) is 12.1. The summed E-state index contributed by atoms with van der Waals surface area (Å²) in [7, 11) is 0. The van der Waals surface area contributed by atoms with Crippen molar-refractivity contribution in [2.24, 2.45) is 0 Å². The van der Waals surface area contributed by atoms with Gasteiger partial charge in [0.05, 0.1) is 0 Å².